The van der Waals surface area contributed by atoms with E-state index in [1.165, 1.54) is 6.21 Å². The van der Waals surface area contributed by atoms with Crippen molar-refractivity contribution in [3.63, 3.8) is 0 Å². The summed E-state index contributed by atoms with van der Waals surface area (Å²) in [5.41, 5.74) is 11.4. The quantitative estimate of drug-likeness (QED) is 0.499. The van der Waals surface area contributed by atoms with Crippen LogP contribution in [0.2, 0.25) is 5.02 Å². The molecule has 0 fully saturated rings. The van der Waals surface area contributed by atoms with Gasteiger partial charge in [-0.05, 0) is 17.7 Å². The van der Waals surface area contributed by atoms with Gasteiger partial charge < -0.3 is 16.0 Å². The van der Waals surface area contributed by atoms with Crippen molar-refractivity contribution < 1.29 is 0 Å². The third-order valence-corrected chi connectivity index (χ3v) is 2.57. The summed E-state index contributed by atoms with van der Waals surface area (Å²) in [7, 11) is 0. The molecule has 0 bridgehead atoms. The number of imidazole rings is 1. The van der Waals surface area contributed by atoms with Gasteiger partial charge in [-0.1, -0.05) is 23.7 Å². The van der Waals surface area contributed by atoms with E-state index in [-0.39, 0.29) is 5.96 Å². The first kappa shape index (κ1) is 13.1. The molecule has 2 rings (SSSR count). The van der Waals surface area contributed by atoms with Crippen LogP contribution in [0.3, 0.4) is 0 Å². The minimum absolute atomic E-state index is 0.0933. The second-order valence-electron chi connectivity index (χ2n) is 3.81. The molecule has 0 aliphatic heterocycles. The van der Waals surface area contributed by atoms with Crippen molar-refractivity contribution >= 4 is 23.8 Å². The van der Waals surface area contributed by atoms with Crippen LogP contribution >= 0.6 is 11.6 Å². The summed E-state index contributed by atoms with van der Waals surface area (Å²) in [5, 5.41) is 7.97. The molecule has 0 amide bonds. The molecular formula is C12H13ClN6. The predicted molar refractivity (Wildman–Crippen MR) is 76.2 cm³/mol. The lowest BCUT2D eigenvalue weighted by molar-refractivity contribution is 0.789. The van der Waals surface area contributed by atoms with E-state index in [2.05, 4.69) is 15.2 Å². The molecule has 0 atom stereocenters. The van der Waals surface area contributed by atoms with E-state index in [0.717, 1.165) is 5.56 Å². The molecule has 98 valence electrons. The van der Waals surface area contributed by atoms with Gasteiger partial charge in [0.05, 0.1) is 6.21 Å². The summed E-state index contributed by atoms with van der Waals surface area (Å²) in [6.45, 7) is 0.643. The molecule has 1 aromatic heterocycles. The largest absolute Gasteiger partial charge is 0.369 e. The molecular weight excluding hydrogens is 264 g/mol. The second kappa shape index (κ2) is 6.01. The van der Waals surface area contributed by atoms with Crippen molar-refractivity contribution in [3.8, 4) is 0 Å². The van der Waals surface area contributed by atoms with Crippen LogP contribution < -0.4 is 11.5 Å². The monoisotopic (exact) mass is 276 g/mol. The molecule has 0 aliphatic carbocycles. The number of guanidine groups is 1. The molecule has 1 aromatic carbocycles. The first-order valence-corrected chi connectivity index (χ1v) is 5.90. The van der Waals surface area contributed by atoms with Gasteiger partial charge in [-0.15, -0.1) is 5.10 Å². The van der Waals surface area contributed by atoms with E-state index in [4.69, 9.17) is 23.1 Å². The van der Waals surface area contributed by atoms with Gasteiger partial charge >= 0.3 is 0 Å². The first-order valence-electron chi connectivity index (χ1n) is 5.52. The van der Waals surface area contributed by atoms with Crippen molar-refractivity contribution in [1.29, 1.82) is 0 Å². The highest BCUT2D eigenvalue weighted by atomic mass is 35.5. The van der Waals surface area contributed by atoms with E-state index in [9.17, 15) is 0 Å². The Bertz CT molecular complexity index is 612. The van der Waals surface area contributed by atoms with Gasteiger partial charge in [0.1, 0.15) is 0 Å². The van der Waals surface area contributed by atoms with Crippen LogP contribution in [0.15, 0.2) is 46.9 Å². The van der Waals surface area contributed by atoms with E-state index >= 15 is 0 Å². The zero-order chi connectivity index (χ0) is 13.7. The van der Waals surface area contributed by atoms with E-state index in [0.29, 0.717) is 17.4 Å². The Kier molecular flexibility index (Phi) is 4.15. The van der Waals surface area contributed by atoms with Crippen molar-refractivity contribution in [1.82, 2.24) is 9.55 Å². The third kappa shape index (κ3) is 3.82. The van der Waals surface area contributed by atoms with Crippen LogP contribution in [0.25, 0.3) is 0 Å². The van der Waals surface area contributed by atoms with Gasteiger partial charge in [-0.2, -0.15) is 5.10 Å². The Balaban J connectivity index is 2.16. The van der Waals surface area contributed by atoms with Crippen LogP contribution in [0.4, 0.5) is 0 Å². The fourth-order valence-corrected chi connectivity index (χ4v) is 1.77. The molecule has 0 spiro atoms. The lowest BCUT2D eigenvalue weighted by Gasteiger charge is -2.05. The number of halogens is 1. The zero-order valence-corrected chi connectivity index (χ0v) is 10.8. The molecule has 19 heavy (non-hydrogen) atoms. The van der Waals surface area contributed by atoms with Gasteiger partial charge in [0.15, 0.2) is 5.82 Å². The van der Waals surface area contributed by atoms with E-state index in [1.54, 1.807) is 6.20 Å². The fraction of sp³-hybridized carbons (Fsp3) is 0.0833. The highest BCUT2D eigenvalue weighted by Gasteiger charge is 2.01. The first-order chi connectivity index (χ1) is 9.15. The number of benzene rings is 1. The van der Waals surface area contributed by atoms with Crippen LogP contribution in [0.1, 0.15) is 11.4 Å². The fourth-order valence-electron chi connectivity index (χ4n) is 1.56. The van der Waals surface area contributed by atoms with E-state index < -0.39 is 0 Å². The smallest absolute Gasteiger partial charge is 0.211 e. The second-order valence-corrected chi connectivity index (χ2v) is 4.25. The molecule has 0 aliphatic rings. The van der Waals surface area contributed by atoms with Gasteiger partial charge in [0.2, 0.25) is 5.96 Å². The molecule has 0 radical (unpaired) electrons. The van der Waals surface area contributed by atoms with Crippen molar-refractivity contribution in [3.05, 3.63) is 53.1 Å². The maximum absolute atomic E-state index is 5.95. The minimum Gasteiger partial charge on any atom is -0.369 e. The molecule has 0 saturated heterocycles. The summed E-state index contributed by atoms with van der Waals surface area (Å²) in [6, 6.07) is 7.63. The maximum atomic E-state index is 5.95. The Morgan fingerprint density at radius 2 is 2.26 bits per heavy atom. The minimum atomic E-state index is -0.0933. The standard InChI is InChI=1S/C12H13ClN6/c13-10-3-1-2-9(6-10)8-19-5-4-16-11(19)7-17-18-12(14)15/h1-7H,8H2,(H4,14,15,18). The van der Waals surface area contributed by atoms with Gasteiger partial charge in [0.25, 0.3) is 0 Å². The lowest BCUT2D eigenvalue weighted by atomic mass is 10.2. The van der Waals surface area contributed by atoms with Gasteiger partial charge in [-0.3, -0.25) is 0 Å². The van der Waals surface area contributed by atoms with Crippen LogP contribution in [-0.4, -0.2) is 21.7 Å². The van der Waals surface area contributed by atoms with Crippen molar-refractivity contribution in [2.24, 2.45) is 21.7 Å². The number of rotatable bonds is 4. The van der Waals surface area contributed by atoms with E-state index in [1.807, 2.05) is 35.0 Å². The van der Waals surface area contributed by atoms with Crippen molar-refractivity contribution in [2.45, 2.75) is 6.54 Å². The Morgan fingerprint density at radius 3 is 3.00 bits per heavy atom. The number of aromatic nitrogens is 2. The Hall–Kier alpha value is -2.34. The normalized spacial score (nSPS) is 10.8. The Morgan fingerprint density at radius 1 is 1.42 bits per heavy atom. The molecule has 1 heterocycles. The highest BCUT2D eigenvalue weighted by molar-refractivity contribution is 6.30. The SMILES string of the molecule is NC(N)=NN=Cc1nccn1Cc1cccc(Cl)c1. The van der Waals surface area contributed by atoms with Crippen molar-refractivity contribution in [2.75, 3.05) is 0 Å². The van der Waals surface area contributed by atoms with Crippen LogP contribution in [0.5, 0.6) is 0 Å². The van der Waals surface area contributed by atoms with Gasteiger partial charge in [0, 0.05) is 24.0 Å². The summed E-state index contributed by atoms with van der Waals surface area (Å²) in [6.07, 6.45) is 5.02. The highest BCUT2D eigenvalue weighted by Crippen LogP contribution is 2.12. The summed E-state index contributed by atoms with van der Waals surface area (Å²) in [5.74, 6) is 0.564. The number of hydrogen-bond acceptors (Lipinski definition) is 3. The summed E-state index contributed by atoms with van der Waals surface area (Å²) < 4.78 is 1.91. The number of nitrogens with zero attached hydrogens (tertiary/aromatic N) is 4. The molecule has 6 nitrogen and oxygen atoms in total. The molecule has 2 aromatic rings. The molecule has 7 heteroatoms. The van der Waals surface area contributed by atoms with Gasteiger partial charge in [-0.25, -0.2) is 4.98 Å². The zero-order valence-electron chi connectivity index (χ0n) is 10.1. The topological polar surface area (TPSA) is 94.6 Å². The number of hydrogen-bond donors (Lipinski definition) is 2. The number of nitrogens with two attached hydrogens (primary N) is 2. The Labute approximate surface area is 115 Å². The molecule has 4 N–H and O–H groups in total. The lowest BCUT2D eigenvalue weighted by Crippen LogP contribution is -2.21. The third-order valence-electron chi connectivity index (χ3n) is 2.34. The molecule has 0 unspecified atom stereocenters. The summed E-state index contributed by atoms with van der Waals surface area (Å²) >= 11 is 5.95. The predicted octanol–water partition coefficient (Wildman–Crippen LogP) is 1.19. The maximum Gasteiger partial charge on any atom is 0.211 e. The average molecular weight is 277 g/mol. The van der Waals surface area contributed by atoms with Crippen LogP contribution in [-0.2, 0) is 6.54 Å². The summed E-state index contributed by atoms with van der Waals surface area (Å²) in [4.78, 5) is 4.16. The van der Waals surface area contributed by atoms with Crippen LogP contribution in [0, 0.1) is 0 Å². The molecule has 0 saturated carbocycles. The average Bonchev–Trinajstić information content (AvgIpc) is 2.76.